The Labute approximate surface area is 165 Å². The molecule has 0 radical (unpaired) electrons. The number of carbonyl (C=O) groups is 2. The minimum Gasteiger partial charge on any atom is -0.497 e. The van der Waals surface area contributed by atoms with Gasteiger partial charge in [0.05, 0.1) is 17.9 Å². The number of nitrogens with zero attached hydrogens (tertiary/aromatic N) is 1. The van der Waals surface area contributed by atoms with Crippen LogP contribution in [0.4, 0.5) is 0 Å². The number of hydrogen-bond donors (Lipinski definition) is 2. The first-order chi connectivity index (χ1) is 13.1. The van der Waals surface area contributed by atoms with Crippen molar-refractivity contribution in [2.45, 2.75) is 44.0 Å². The SMILES string of the molecule is COc1ccc(S(=O)(=O)N2CCCC(C(=O)N[C@@H](CC(C)C)C(=O)O)C2)cc1. The summed E-state index contributed by atoms with van der Waals surface area (Å²) in [5.74, 6) is -1.40. The molecule has 1 saturated heterocycles. The number of benzene rings is 1. The van der Waals surface area contributed by atoms with Crippen LogP contribution in [0.25, 0.3) is 0 Å². The Kier molecular flexibility index (Phi) is 7.42. The number of aliphatic carboxylic acids is 1. The molecular weight excluding hydrogens is 384 g/mol. The molecule has 1 aliphatic rings. The average molecular weight is 413 g/mol. The number of sulfonamides is 1. The highest BCUT2D eigenvalue weighted by atomic mass is 32.2. The fourth-order valence-corrected chi connectivity index (χ4v) is 4.78. The third-order valence-corrected chi connectivity index (χ3v) is 6.65. The maximum atomic E-state index is 12.9. The molecule has 0 aliphatic carbocycles. The molecule has 0 spiro atoms. The number of amides is 1. The molecule has 2 atom stereocenters. The Morgan fingerprint density at radius 1 is 1.29 bits per heavy atom. The molecule has 2 N–H and O–H groups in total. The molecule has 156 valence electrons. The number of methoxy groups -OCH3 is 1. The van der Waals surface area contributed by atoms with Gasteiger partial charge in [0.15, 0.2) is 0 Å². The fraction of sp³-hybridized carbons (Fsp3) is 0.579. The van der Waals surface area contributed by atoms with E-state index in [-0.39, 0.29) is 17.4 Å². The Morgan fingerprint density at radius 3 is 2.46 bits per heavy atom. The average Bonchev–Trinajstić information content (AvgIpc) is 2.67. The molecular formula is C19H28N2O6S. The summed E-state index contributed by atoms with van der Waals surface area (Å²) in [5.41, 5.74) is 0. The van der Waals surface area contributed by atoms with Crippen molar-refractivity contribution in [1.29, 1.82) is 0 Å². The third-order valence-electron chi connectivity index (χ3n) is 4.77. The molecule has 1 fully saturated rings. The first-order valence-electron chi connectivity index (χ1n) is 9.32. The lowest BCUT2D eigenvalue weighted by atomic mass is 9.97. The van der Waals surface area contributed by atoms with Crippen LogP contribution in [0.5, 0.6) is 5.75 Å². The van der Waals surface area contributed by atoms with Crippen molar-refractivity contribution in [3.05, 3.63) is 24.3 Å². The molecule has 1 aromatic rings. The lowest BCUT2D eigenvalue weighted by Crippen LogP contribution is -2.49. The summed E-state index contributed by atoms with van der Waals surface area (Å²) in [5, 5.41) is 11.9. The van der Waals surface area contributed by atoms with E-state index in [0.717, 1.165) is 0 Å². The Morgan fingerprint density at radius 2 is 1.93 bits per heavy atom. The minimum absolute atomic E-state index is 0.0359. The number of ether oxygens (including phenoxy) is 1. The second-order valence-corrected chi connectivity index (χ2v) is 9.34. The molecule has 0 bridgehead atoms. The fourth-order valence-electron chi connectivity index (χ4n) is 3.25. The van der Waals surface area contributed by atoms with Gasteiger partial charge < -0.3 is 15.2 Å². The maximum Gasteiger partial charge on any atom is 0.326 e. The van der Waals surface area contributed by atoms with Crippen LogP contribution in [0.2, 0.25) is 0 Å². The minimum atomic E-state index is -3.74. The summed E-state index contributed by atoms with van der Waals surface area (Å²) in [6.07, 6.45) is 1.38. The summed E-state index contributed by atoms with van der Waals surface area (Å²) in [4.78, 5) is 24.1. The summed E-state index contributed by atoms with van der Waals surface area (Å²) in [6, 6.07) is 5.12. The quantitative estimate of drug-likeness (QED) is 0.672. The number of carbonyl (C=O) groups excluding carboxylic acids is 1. The zero-order valence-corrected chi connectivity index (χ0v) is 17.2. The van der Waals surface area contributed by atoms with Crippen LogP contribution in [0.3, 0.4) is 0 Å². The van der Waals surface area contributed by atoms with Gasteiger partial charge in [0, 0.05) is 13.1 Å². The lowest BCUT2D eigenvalue weighted by molar-refractivity contribution is -0.143. The van der Waals surface area contributed by atoms with Gasteiger partial charge in [-0.3, -0.25) is 4.79 Å². The van der Waals surface area contributed by atoms with Crippen molar-refractivity contribution in [2.75, 3.05) is 20.2 Å². The van der Waals surface area contributed by atoms with E-state index in [1.165, 1.54) is 23.5 Å². The van der Waals surface area contributed by atoms with Crippen LogP contribution in [0.1, 0.15) is 33.1 Å². The summed E-state index contributed by atoms with van der Waals surface area (Å²) >= 11 is 0. The van der Waals surface area contributed by atoms with Gasteiger partial charge in [0.1, 0.15) is 11.8 Å². The molecule has 1 heterocycles. The Balaban J connectivity index is 2.09. The van der Waals surface area contributed by atoms with Gasteiger partial charge in [-0.15, -0.1) is 0 Å². The van der Waals surface area contributed by atoms with E-state index in [2.05, 4.69) is 5.32 Å². The normalized spacial score (nSPS) is 19.2. The van der Waals surface area contributed by atoms with Crippen molar-refractivity contribution >= 4 is 21.9 Å². The second kappa shape index (κ2) is 9.38. The number of nitrogens with one attached hydrogen (secondary N) is 1. The molecule has 1 unspecified atom stereocenters. The Bertz CT molecular complexity index is 791. The molecule has 8 nitrogen and oxygen atoms in total. The first kappa shape index (κ1) is 22.2. The predicted molar refractivity (Wildman–Crippen MR) is 103 cm³/mol. The van der Waals surface area contributed by atoms with Crippen LogP contribution >= 0.6 is 0 Å². The first-order valence-corrected chi connectivity index (χ1v) is 10.8. The van der Waals surface area contributed by atoms with Crippen molar-refractivity contribution in [3.63, 3.8) is 0 Å². The zero-order chi connectivity index (χ0) is 20.9. The van der Waals surface area contributed by atoms with E-state index < -0.39 is 33.9 Å². The molecule has 0 aromatic heterocycles. The van der Waals surface area contributed by atoms with Crippen LogP contribution in [-0.4, -0.2) is 55.9 Å². The van der Waals surface area contributed by atoms with Gasteiger partial charge in [-0.1, -0.05) is 13.8 Å². The van der Waals surface area contributed by atoms with E-state index in [4.69, 9.17) is 4.74 Å². The van der Waals surface area contributed by atoms with Crippen LogP contribution in [0.15, 0.2) is 29.2 Å². The maximum absolute atomic E-state index is 12.9. The smallest absolute Gasteiger partial charge is 0.326 e. The van der Waals surface area contributed by atoms with E-state index in [0.29, 0.717) is 31.6 Å². The molecule has 2 rings (SSSR count). The largest absolute Gasteiger partial charge is 0.497 e. The van der Waals surface area contributed by atoms with Crippen molar-refractivity contribution < 1.29 is 27.9 Å². The third kappa shape index (κ3) is 5.45. The molecule has 9 heteroatoms. The van der Waals surface area contributed by atoms with Crippen molar-refractivity contribution in [1.82, 2.24) is 9.62 Å². The highest BCUT2D eigenvalue weighted by Crippen LogP contribution is 2.25. The molecule has 1 aromatic carbocycles. The van der Waals surface area contributed by atoms with Crippen LogP contribution < -0.4 is 10.1 Å². The molecule has 28 heavy (non-hydrogen) atoms. The summed E-state index contributed by atoms with van der Waals surface area (Å²) in [7, 11) is -2.23. The van der Waals surface area contributed by atoms with Crippen LogP contribution in [-0.2, 0) is 19.6 Å². The van der Waals surface area contributed by atoms with Gasteiger partial charge in [-0.25, -0.2) is 13.2 Å². The summed E-state index contributed by atoms with van der Waals surface area (Å²) < 4.78 is 32.1. The predicted octanol–water partition coefficient (Wildman–Crippen LogP) is 1.71. The summed E-state index contributed by atoms with van der Waals surface area (Å²) in [6.45, 7) is 4.12. The van der Waals surface area contributed by atoms with E-state index in [1.54, 1.807) is 12.1 Å². The van der Waals surface area contributed by atoms with E-state index >= 15 is 0 Å². The van der Waals surface area contributed by atoms with Gasteiger partial charge in [-0.2, -0.15) is 4.31 Å². The zero-order valence-electron chi connectivity index (χ0n) is 16.4. The van der Waals surface area contributed by atoms with Gasteiger partial charge in [0.2, 0.25) is 15.9 Å². The van der Waals surface area contributed by atoms with Crippen LogP contribution in [0, 0.1) is 11.8 Å². The van der Waals surface area contributed by atoms with E-state index in [1.807, 2.05) is 13.8 Å². The monoisotopic (exact) mass is 412 g/mol. The van der Waals surface area contributed by atoms with Crippen molar-refractivity contribution in [3.8, 4) is 5.75 Å². The number of hydrogen-bond acceptors (Lipinski definition) is 5. The highest BCUT2D eigenvalue weighted by Gasteiger charge is 2.34. The second-order valence-electron chi connectivity index (χ2n) is 7.41. The lowest BCUT2D eigenvalue weighted by Gasteiger charge is -2.32. The van der Waals surface area contributed by atoms with Gasteiger partial charge in [-0.05, 0) is 49.4 Å². The van der Waals surface area contributed by atoms with Gasteiger partial charge >= 0.3 is 5.97 Å². The topological polar surface area (TPSA) is 113 Å². The molecule has 1 amide bonds. The number of carboxylic acids is 1. The van der Waals surface area contributed by atoms with Crippen molar-refractivity contribution in [2.24, 2.45) is 11.8 Å². The highest BCUT2D eigenvalue weighted by molar-refractivity contribution is 7.89. The number of rotatable bonds is 8. The standard InChI is InChI=1S/C19H28N2O6S/c1-13(2)11-17(19(23)24)20-18(22)14-5-4-10-21(12-14)28(25,26)16-8-6-15(27-3)7-9-16/h6-9,13-14,17H,4-5,10-12H2,1-3H3,(H,20,22)(H,23,24)/t14?,17-/m0/s1. The number of carboxylic acid groups (broad SMARTS) is 1. The molecule has 1 aliphatic heterocycles. The van der Waals surface area contributed by atoms with Gasteiger partial charge in [0.25, 0.3) is 0 Å². The molecule has 0 saturated carbocycles. The Hall–Kier alpha value is -2.13. The number of piperidine rings is 1. The van der Waals surface area contributed by atoms with E-state index in [9.17, 15) is 23.1 Å².